The summed E-state index contributed by atoms with van der Waals surface area (Å²) in [6.45, 7) is 6.55. The number of benzene rings is 1. The molecule has 2 aromatic heterocycles. The Hall–Kier alpha value is -3.25. The number of nitrogens with zero attached hydrogens (tertiary/aromatic N) is 6. The molecule has 2 aliphatic heterocycles. The molecule has 0 radical (unpaired) electrons. The Morgan fingerprint density at radius 1 is 1.32 bits per heavy atom. The summed E-state index contributed by atoms with van der Waals surface area (Å²) in [6, 6.07) is 4.35. The zero-order chi connectivity index (χ0) is 23.7. The van der Waals surface area contributed by atoms with E-state index in [1.807, 2.05) is 4.90 Å². The maximum atomic E-state index is 11.3. The standard InChI is InChI=1S/C25H29N7OS/c1-3-18-12-19-8-10-31(4-2)20(19)13-21(18)34-25-29-22-23(26)27-15-28-24(22)32(25)11-7-17-6-5-9-30(14-17)16-33/h1,12-13,15-17H,4-11,14H2,2H3,(H2,26,27,28). The quantitative estimate of drug-likeness (QED) is 0.414. The summed E-state index contributed by atoms with van der Waals surface area (Å²) in [7, 11) is 0. The Morgan fingerprint density at radius 3 is 3.00 bits per heavy atom. The number of nitrogens with two attached hydrogens (primary N) is 1. The number of terminal acetylenes is 1. The third-order valence-corrected chi connectivity index (χ3v) is 7.95. The first-order valence-corrected chi connectivity index (χ1v) is 12.6. The van der Waals surface area contributed by atoms with Gasteiger partial charge in [0, 0.05) is 48.9 Å². The van der Waals surface area contributed by atoms with Gasteiger partial charge in [-0.05, 0) is 56.2 Å². The number of anilines is 2. The summed E-state index contributed by atoms with van der Waals surface area (Å²) in [5.41, 5.74) is 10.9. The normalized spacial score (nSPS) is 17.7. The number of carbonyl (C=O) groups is 1. The van der Waals surface area contributed by atoms with Crippen LogP contribution < -0.4 is 10.6 Å². The Morgan fingerprint density at radius 2 is 2.21 bits per heavy atom. The highest BCUT2D eigenvalue weighted by Gasteiger charge is 2.24. The smallest absolute Gasteiger partial charge is 0.209 e. The molecule has 34 heavy (non-hydrogen) atoms. The summed E-state index contributed by atoms with van der Waals surface area (Å²) in [4.78, 5) is 30.0. The van der Waals surface area contributed by atoms with Crippen LogP contribution in [-0.4, -0.2) is 57.0 Å². The monoisotopic (exact) mass is 475 g/mol. The van der Waals surface area contributed by atoms with Gasteiger partial charge in [0.25, 0.3) is 0 Å². The number of hydrogen-bond acceptors (Lipinski definition) is 7. The summed E-state index contributed by atoms with van der Waals surface area (Å²) in [6.07, 6.45) is 12.5. The molecule has 1 atom stereocenters. The van der Waals surface area contributed by atoms with E-state index in [4.69, 9.17) is 17.1 Å². The Bertz CT molecular complexity index is 1260. The summed E-state index contributed by atoms with van der Waals surface area (Å²) in [5, 5.41) is 0.808. The molecule has 1 unspecified atom stereocenters. The maximum absolute atomic E-state index is 11.3. The lowest BCUT2D eigenvalue weighted by atomic mass is 9.95. The van der Waals surface area contributed by atoms with Gasteiger partial charge in [-0.3, -0.25) is 4.79 Å². The first-order chi connectivity index (χ1) is 16.6. The zero-order valence-electron chi connectivity index (χ0n) is 19.4. The number of carbonyl (C=O) groups excluding carboxylic acids is 1. The molecular formula is C25H29N7OS. The van der Waals surface area contributed by atoms with Crippen LogP contribution in [0.1, 0.15) is 37.3 Å². The van der Waals surface area contributed by atoms with Crippen molar-refractivity contribution in [2.45, 2.75) is 49.2 Å². The molecule has 1 saturated heterocycles. The van der Waals surface area contributed by atoms with Crippen molar-refractivity contribution in [3.05, 3.63) is 29.6 Å². The van der Waals surface area contributed by atoms with Crippen LogP contribution in [0.15, 0.2) is 28.5 Å². The van der Waals surface area contributed by atoms with Crippen molar-refractivity contribution >= 4 is 40.8 Å². The second-order valence-electron chi connectivity index (χ2n) is 8.93. The van der Waals surface area contributed by atoms with Crippen LogP contribution in [0.5, 0.6) is 0 Å². The maximum Gasteiger partial charge on any atom is 0.209 e. The number of imidazole rings is 1. The van der Waals surface area contributed by atoms with Crippen molar-refractivity contribution in [2.75, 3.05) is 36.8 Å². The minimum Gasteiger partial charge on any atom is -0.382 e. The Balaban J connectivity index is 1.48. The lowest BCUT2D eigenvalue weighted by Gasteiger charge is -2.30. The first kappa shape index (κ1) is 22.5. The van der Waals surface area contributed by atoms with E-state index in [0.29, 0.717) is 17.3 Å². The highest BCUT2D eigenvalue weighted by molar-refractivity contribution is 7.99. The Kier molecular flexibility index (Phi) is 6.33. The second-order valence-corrected chi connectivity index (χ2v) is 9.94. The van der Waals surface area contributed by atoms with Gasteiger partial charge in [-0.2, -0.15) is 0 Å². The van der Waals surface area contributed by atoms with Crippen molar-refractivity contribution in [3.8, 4) is 12.3 Å². The van der Waals surface area contributed by atoms with Gasteiger partial charge in [0.15, 0.2) is 22.1 Å². The average molecular weight is 476 g/mol. The van der Waals surface area contributed by atoms with E-state index < -0.39 is 0 Å². The first-order valence-electron chi connectivity index (χ1n) is 11.8. The number of fused-ring (bicyclic) bond motifs is 2. The second kappa shape index (κ2) is 9.55. The highest BCUT2D eigenvalue weighted by Crippen LogP contribution is 2.39. The molecule has 5 rings (SSSR count). The predicted octanol–water partition coefficient (Wildman–Crippen LogP) is 3.18. The van der Waals surface area contributed by atoms with E-state index in [9.17, 15) is 4.79 Å². The molecule has 1 amide bonds. The number of hydrogen-bond donors (Lipinski definition) is 1. The average Bonchev–Trinajstić information content (AvgIpc) is 3.43. The molecular weight excluding hydrogens is 446 g/mol. The Labute approximate surface area is 203 Å². The fraction of sp³-hybridized carbons (Fsp3) is 0.440. The van der Waals surface area contributed by atoms with Crippen molar-refractivity contribution in [1.29, 1.82) is 0 Å². The molecule has 176 valence electrons. The van der Waals surface area contributed by atoms with Crippen LogP contribution in [0.3, 0.4) is 0 Å². The molecule has 4 heterocycles. The molecule has 3 aromatic rings. The van der Waals surface area contributed by atoms with Gasteiger partial charge in [0.05, 0.1) is 0 Å². The minimum absolute atomic E-state index is 0.374. The van der Waals surface area contributed by atoms with Crippen molar-refractivity contribution < 1.29 is 4.79 Å². The van der Waals surface area contributed by atoms with Crippen LogP contribution in [0, 0.1) is 18.3 Å². The number of piperidine rings is 1. The van der Waals surface area contributed by atoms with E-state index in [1.165, 1.54) is 17.6 Å². The van der Waals surface area contributed by atoms with Gasteiger partial charge in [0.2, 0.25) is 6.41 Å². The van der Waals surface area contributed by atoms with Gasteiger partial charge in [0.1, 0.15) is 6.33 Å². The summed E-state index contributed by atoms with van der Waals surface area (Å²) < 4.78 is 2.13. The lowest BCUT2D eigenvalue weighted by molar-refractivity contribution is -0.119. The fourth-order valence-electron chi connectivity index (χ4n) is 5.06. The topological polar surface area (TPSA) is 93.2 Å². The predicted molar refractivity (Wildman–Crippen MR) is 135 cm³/mol. The van der Waals surface area contributed by atoms with Crippen LogP contribution in [-0.2, 0) is 17.8 Å². The number of aryl methyl sites for hydroxylation is 1. The van der Waals surface area contributed by atoms with Gasteiger partial charge in [-0.1, -0.05) is 17.7 Å². The summed E-state index contributed by atoms with van der Waals surface area (Å²) in [5.74, 6) is 3.70. The molecule has 2 aliphatic rings. The SMILES string of the molecule is C#Cc1cc2c(cc1Sc1nc3c(N)ncnc3n1CCC1CCCN(C=O)C1)N(CC)CC2. The van der Waals surface area contributed by atoms with Gasteiger partial charge in [-0.15, -0.1) is 6.42 Å². The van der Waals surface area contributed by atoms with E-state index in [0.717, 1.165) is 86.1 Å². The van der Waals surface area contributed by atoms with Crippen molar-refractivity contribution in [2.24, 2.45) is 5.92 Å². The third kappa shape index (κ3) is 4.18. The van der Waals surface area contributed by atoms with Crippen LogP contribution >= 0.6 is 11.8 Å². The van der Waals surface area contributed by atoms with Crippen LogP contribution in [0.2, 0.25) is 0 Å². The number of rotatable bonds is 7. The van der Waals surface area contributed by atoms with Crippen molar-refractivity contribution in [1.82, 2.24) is 24.4 Å². The minimum atomic E-state index is 0.374. The van der Waals surface area contributed by atoms with E-state index >= 15 is 0 Å². The molecule has 8 nitrogen and oxygen atoms in total. The van der Waals surface area contributed by atoms with Crippen LogP contribution in [0.4, 0.5) is 11.5 Å². The molecule has 1 fully saturated rings. The number of aromatic nitrogens is 4. The summed E-state index contributed by atoms with van der Waals surface area (Å²) >= 11 is 1.56. The highest BCUT2D eigenvalue weighted by atomic mass is 32.2. The van der Waals surface area contributed by atoms with Crippen molar-refractivity contribution in [3.63, 3.8) is 0 Å². The number of nitrogen functional groups attached to an aromatic ring is 1. The van der Waals surface area contributed by atoms with Gasteiger partial charge >= 0.3 is 0 Å². The fourth-order valence-corrected chi connectivity index (χ4v) is 6.08. The lowest BCUT2D eigenvalue weighted by Crippen LogP contribution is -2.34. The molecule has 0 spiro atoms. The number of likely N-dealkylation sites (N-methyl/N-ethyl adjacent to an activating group) is 1. The largest absolute Gasteiger partial charge is 0.382 e. The zero-order valence-corrected chi connectivity index (χ0v) is 20.2. The number of likely N-dealkylation sites (tertiary alicyclic amines) is 1. The molecule has 9 heteroatoms. The third-order valence-electron chi connectivity index (χ3n) is 6.90. The van der Waals surface area contributed by atoms with Gasteiger partial charge in [-0.25, -0.2) is 15.0 Å². The van der Waals surface area contributed by atoms with E-state index in [2.05, 4.69) is 44.4 Å². The molecule has 0 aliphatic carbocycles. The van der Waals surface area contributed by atoms with Crippen LogP contribution in [0.25, 0.3) is 11.2 Å². The number of amides is 1. The van der Waals surface area contributed by atoms with Gasteiger partial charge < -0.3 is 20.1 Å². The molecule has 0 saturated carbocycles. The molecule has 1 aromatic carbocycles. The molecule has 2 N–H and O–H groups in total. The van der Waals surface area contributed by atoms with E-state index in [-0.39, 0.29) is 0 Å². The van der Waals surface area contributed by atoms with E-state index in [1.54, 1.807) is 11.8 Å². The molecule has 0 bridgehead atoms.